The van der Waals surface area contributed by atoms with Gasteiger partial charge in [-0.1, -0.05) is 0 Å². The van der Waals surface area contributed by atoms with Crippen molar-refractivity contribution in [1.82, 2.24) is 14.8 Å². The lowest BCUT2D eigenvalue weighted by Gasteiger charge is -2.07. The minimum Gasteiger partial charge on any atom is -0.307 e. The quantitative estimate of drug-likeness (QED) is 0.789. The van der Waals surface area contributed by atoms with Crippen molar-refractivity contribution in [3.63, 3.8) is 0 Å². The van der Waals surface area contributed by atoms with Gasteiger partial charge in [-0.25, -0.2) is 4.98 Å². The number of thiazole rings is 1. The second kappa shape index (κ2) is 4.85. The van der Waals surface area contributed by atoms with Gasteiger partial charge in [0.1, 0.15) is 5.82 Å². The lowest BCUT2D eigenvalue weighted by Crippen LogP contribution is -2.15. The SMILES string of the molecule is Cn1nc2c(c1NC(=O)c1ccc3scnc3c1)CSC2. The van der Waals surface area contributed by atoms with Gasteiger partial charge in [0, 0.05) is 29.7 Å². The summed E-state index contributed by atoms with van der Waals surface area (Å²) in [5.41, 5.74) is 5.49. The molecule has 7 heteroatoms. The Morgan fingerprint density at radius 2 is 2.29 bits per heavy atom. The molecule has 0 atom stereocenters. The van der Waals surface area contributed by atoms with E-state index in [9.17, 15) is 4.79 Å². The Balaban J connectivity index is 1.66. The van der Waals surface area contributed by atoms with Crippen molar-refractivity contribution in [2.24, 2.45) is 7.05 Å². The molecule has 0 fully saturated rings. The van der Waals surface area contributed by atoms with E-state index in [2.05, 4.69) is 15.4 Å². The summed E-state index contributed by atoms with van der Waals surface area (Å²) in [6, 6.07) is 5.60. The number of carbonyl (C=O) groups excluding carboxylic acids is 1. The van der Waals surface area contributed by atoms with Crippen molar-refractivity contribution in [3.05, 3.63) is 40.5 Å². The van der Waals surface area contributed by atoms with Crippen LogP contribution < -0.4 is 5.32 Å². The molecule has 0 aliphatic carbocycles. The van der Waals surface area contributed by atoms with Gasteiger partial charge in [-0.3, -0.25) is 9.48 Å². The first-order valence-corrected chi connectivity index (χ1v) is 8.53. The highest BCUT2D eigenvalue weighted by Gasteiger charge is 2.22. The van der Waals surface area contributed by atoms with Crippen LogP contribution in [0.4, 0.5) is 5.82 Å². The molecule has 3 aromatic rings. The molecule has 1 aliphatic heterocycles. The zero-order valence-corrected chi connectivity index (χ0v) is 12.9. The number of fused-ring (bicyclic) bond motifs is 2. The predicted molar refractivity (Wildman–Crippen MR) is 85.8 cm³/mol. The molecule has 21 heavy (non-hydrogen) atoms. The summed E-state index contributed by atoms with van der Waals surface area (Å²) in [6.07, 6.45) is 0. The Hall–Kier alpha value is -1.86. The highest BCUT2D eigenvalue weighted by atomic mass is 32.2. The Kier molecular flexibility index (Phi) is 2.97. The highest BCUT2D eigenvalue weighted by Crippen LogP contribution is 2.34. The van der Waals surface area contributed by atoms with Crippen LogP contribution in [-0.2, 0) is 18.6 Å². The largest absolute Gasteiger partial charge is 0.307 e. The molecule has 0 unspecified atom stereocenters. The maximum absolute atomic E-state index is 12.4. The number of rotatable bonds is 2. The molecule has 0 bridgehead atoms. The number of nitrogens with zero attached hydrogens (tertiary/aromatic N) is 3. The molecule has 5 nitrogen and oxygen atoms in total. The summed E-state index contributed by atoms with van der Waals surface area (Å²) < 4.78 is 2.84. The molecule has 0 spiro atoms. The first-order valence-electron chi connectivity index (χ1n) is 6.49. The molecular formula is C14H12N4OS2. The molecule has 0 radical (unpaired) electrons. The number of hydrogen-bond acceptors (Lipinski definition) is 5. The standard InChI is InChI=1S/C14H12N4OS2/c1-18-13(9-5-20-6-11(9)17-18)16-14(19)8-2-3-12-10(4-8)15-7-21-12/h2-4,7H,5-6H2,1H3,(H,16,19). The third kappa shape index (κ3) is 2.13. The van der Waals surface area contributed by atoms with E-state index in [1.54, 1.807) is 21.5 Å². The van der Waals surface area contributed by atoms with Gasteiger partial charge in [-0.05, 0) is 18.2 Å². The van der Waals surface area contributed by atoms with Crippen molar-refractivity contribution < 1.29 is 4.79 Å². The van der Waals surface area contributed by atoms with E-state index in [0.717, 1.165) is 38.8 Å². The average Bonchev–Trinajstić information content (AvgIpc) is 3.16. The maximum atomic E-state index is 12.4. The number of aromatic nitrogens is 3. The maximum Gasteiger partial charge on any atom is 0.256 e. The van der Waals surface area contributed by atoms with Crippen molar-refractivity contribution in [1.29, 1.82) is 0 Å². The third-order valence-corrected chi connectivity index (χ3v) is 5.32. The first kappa shape index (κ1) is 12.8. The number of thioether (sulfide) groups is 1. The number of amides is 1. The van der Waals surface area contributed by atoms with Crippen LogP contribution in [0.25, 0.3) is 10.2 Å². The van der Waals surface area contributed by atoms with Gasteiger partial charge in [0.05, 0.1) is 21.4 Å². The summed E-state index contributed by atoms with van der Waals surface area (Å²) >= 11 is 3.39. The van der Waals surface area contributed by atoms with Gasteiger partial charge < -0.3 is 5.32 Å². The van der Waals surface area contributed by atoms with Crippen LogP contribution in [0.1, 0.15) is 21.6 Å². The fraction of sp³-hybridized carbons (Fsp3) is 0.214. The van der Waals surface area contributed by atoms with Crippen LogP contribution in [0, 0.1) is 0 Å². The van der Waals surface area contributed by atoms with Crippen LogP contribution in [0.5, 0.6) is 0 Å². The zero-order valence-electron chi connectivity index (χ0n) is 11.3. The Bertz CT molecular complexity index is 852. The van der Waals surface area contributed by atoms with Crippen LogP contribution in [-0.4, -0.2) is 20.7 Å². The van der Waals surface area contributed by atoms with Crippen LogP contribution >= 0.6 is 23.1 Å². The normalized spacial score (nSPS) is 13.6. The van der Waals surface area contributed by atoms with E-state index in [1.807, 2.05) is 37.0 Å². The second-order valence-corrected chi connectivity index (χ2v) is 6.75. The number of benzene rings is 1. The molecule has 2 aromatic heterocycles. The van der Waals surface area contributed by atoms with E-state index in [4.69, 9.17) is 0 Å². The second-order valence-electron chi connectivity index (χ2n) is 4.88. The zero-order chi connectivity index (χ0) is 14.4. The fourth-order valence-electron chi connectivity index (χ4n) is 2.48. The van der Waals surface area contributed by atoms with Crippen molar-refractivity contribution >= 4 is 45.0 Å². The topological polar surface area (TPSA) is 59.8 Å². The number of carbonyl (C=O) groups is 1. The monoisotopic (exact) mass is 316 g/mol. The minimum atomic E-state index is -0.118. The van der Waals surface area contributed by atoms with Gasteiger partial charge in [0.2, 0.25) is 0 Å². The highest BCUT2D eigenvalue weighted by molar-refractivity contribution is 7.98. The molecule has 1 N–H and O–H groups in total. The van der Waals surface area contributed by atoms with E-state index < -0.39 is 0 Å². The third-order valence-electron chi connectivity index (χ3n) is 3.54. The summed E-state index contributed by atoms with van der Waals surface area (Å²) in [5.74, 6) is 2.51. The van der Waals surface area contributed by atoms with Crippen molar-refractivity contribution in [2.45, 2.75) is 11.5 Å². The Labute approximate surface area is 129 Å². The van der Waals surface area contributed by atoms with Crippen molar-refractivity contribution in [3.8, 4) is 0 Å². The van der Waals surface area contributed by atoms with E-state index in [0.29, 0.717) is 5.56 Å². The van der Waals surface area contributed by atoms with Gasteiger partial charge in [0.15, 0.2) is 0 Å². The van der Waals surface area contributed by atoms with Crippen LogP contribution in [0.2, 0.25) is 0 Å². The molecule has 0 saturated heterocycles. The summed E-state index contributed by atoms with van der Waals surface area (Å²) in [7, 11) is 1.86. The fourth-order valence-corrected chi connectivity index (χ4v) is 4.17. The molecule has 4 rings (SSSR count). The molecule has 1 amide bonds. The lowest BCUT2D eigenvalue weighted by molar-refractivity contribution is 0.102. The summed E-state index contributed by atoms with van der Waals surface area (Å²) in [6.45, 7) is 0. The van der Waals surface area contributed by atoms with Crippen LogP contribution in [0.15, 0.2) is 23.7 Å². The van der Waals surface area contributed by atoms with E-state index in [1.165, 1.54) is 0 Å². The summed E-state index contributed by atoms with van der Waals surface area (Å²) in [4.78, 5) is 16.7. The molecule has 1 aromatic carbocycles. The number of hydrogen-bond donors (Lipinski definition) is 1. The molecule has 1 aliphatic rings. The molecule has 3 heterocycles. The molecule has 106 valence electrons. The molecule has 0 saturated carbocycles. The van der Waals surface area contributed by atoms with Crippen molar-refractivity contribution in [2.75, 3.05) is 5.32 Å². The molecular weight excluding hydrogens is 304 g/mol. The first-order chi connectivity index (χ1) is 10.2. The number of nitrogens with one attached hydrogen (secondary N) is 1. The van der Waals surface area contributed by atoms with E-state index in [-0.39, 0.29) is 5.91 Å². The smallest absolute Gasteiger partial charge is 0.256 e. The van der Waals surface area contributed by atoms with Crippen LogP contribution in [0.3, 0.4) is 0 Å². The Morgan fingerprint density at radius 3 is 3.19 bits per heavy atom. The summed E-state index contributed by atoms with van der Waals surface area (Å²) in [5, 5.41) is 7.44. The van der Waals surface area contributed by atoms with Gasteiger partial charge in [-0.15, -0.1) is 11.3 Å². The Morgan fingerprint density at radius 1 is 1.38 bits per heavy atom. The number of anilines is 1. The average molecular weight is 316 g/mol. The lowest BCUT2D eigenvalue weighted by atomic mass is 10.2. The predicted octanol–water partition coefficient (Wildman–Crippen LogP) is 3.03. The minimum absolute atomic E-state index is 0.118. The van der Waals surface area contributed by atoms with Gasteiger partial charge in [-0.2, -0.15) is 16.9 Å². The van der Waals surface area contributed by atoms with Gasteiger partial charge >= 0.3 is 0 Å². The van der Waals surface area contributed by atoms with Gasteiger partial charge in [0.25, 0.3) is 5.91 Å². The van der Waals surface area contributed by atoms with E-state index >= 15 is 0 Å². The number of aryl methyl sites for hydroxylation is 1.